The molecule has 1 fully saturated rings. The Bertz CT molecular complexity index is 544. The van der Waals surface area contributed by atoms with E-state index in [1.807, 2.05) is 18.4 Å². The molecule has 1 heterocycles. The molecule has 1 N–H and O–H groups in total. The van der Waals surface area contributed by atoms with Crippen LogP contribution in [0.4, 0.5) is 0 Å². The minimum absolute atomic E-state index is 0.0664. The molecule has 1 atom stereocenters. The first kappa shape index (κ1) is 15.8. The lowest BCUT2D eigenvalue weighted by molar-refractivity contribution is 0.254. The minimum atomic E-state index is -3.39. The van der Waals surface area contributed by atoms with Gasteiger partial charge in [0.05, 0.1) is 4.90 Å². The van der Waals surface area contributed by atoms with Gasteiger partial charge >= 0.3 is 0 Å². The van der Waals surface area contributed by atoms with E-state index in [2.05, 4.69) is 12.2 Å². The molecule has 0 amide bonds. The van der Waals surface area contributed by atoms with Crippen molar-refractivity contribution in [3.05, 3.63) is 24.3 Å². The van der Waals surface area contributed by atoms with Crippen molar-refractivity contribution < 1.29 is 8.42 Å². The Morgan fingerprint density at radius 2 is 2.25 bits per heavy atom. The molecule has 4 nitrogen and oxygen atoms in total. The van der Waals surface area contributed by atoms with Crippen LogP contribution in [0.3, 0.4) is 0 Å². The number of hydrogen-bond acceptors (Lipinski definition) is 4. The average Bonchev–Trinajstić information content (AvgIpc) is 2.48. The van der Waals surface area contributed by atoms with Crippen molar-refractivity contribution in [3.8, 4) is 0 Å². The van der Waals surface area contributed by atoms with Crippen molar-refractivity contribution in [3.63, 3.8) is 0 Å². The van der Waals surface area contributed by atoms with Crippen LogP contribution in [0.15, 0.2) is 34.1 Å². The summed E-state index contributed by atoms with van der Waals surface area (Å²) in [4.78, 5) is 1.39. The Hall–Kier alpha value is -0.560. The van der Waals surface area contributed by atoms with Crippen LogP contribution in [0.5, 0.6) is 0 Å². The summed E-state index contributed by atoms with van der Waals surface area (Å²) >= 11 is 1.56. The van der Waals surface area contributed by atoms with Gasteiger partial charge < -0.3 is 5.32 Å². The summed E-state index contributed by atoms with van der Waals surface area (Å²) < 4.78 is 27.3. The Kier molecular flexibility index (Phi) is 5.49. The fourth-order valence-corrected chi connectivity index (χ4v) is 4.77. The fourth-order valence-electron chi connectivity index (χ4n) is 2.54. The summed E-state index contributed by atoms with van der Waals surface area (Å²) in [6.07, 6.45) is 3.84. The molecule has 1 saturated heterocycles. The maximum atomic E-state index is 12.8. The molecule has 0 radical (unpaired) electrons. The molecule has 112 valence electrons. The topological polar surface area (TPSA) is 49.4 Å². The van der Waals surface area contributed by atoms with Crippen LogP contribution in [0, 0.1) is 0 Å². The third kappa shape index (κ3) is 3.36. The number of piperazine rings is 1. The van der Waals surface area contributed by atoms with E-state index in [0.717, 1.165) is 30.8 Å². The molecule has 0 bridgehead atoms. The van der Waals surface area contributed by atoms with Crippen molar-refractivity contribution in [2.45, 2.75) is 35.6 Å². The molecule has 6 heteroatoms. The first-order valence-corrected chi connectivity index (χ1v) is 9.62. The van der Waals surface area contributed by atoms with Gasteiger partial charge in [0.15, 0.2) is 0 Å². The van der Waals surface area contributed by atoms with E-state index in [0.29, 0.717) is 11.4 Å². The van der Waals surface area contributed by atoms with Gasteiger partial charge in [-0.3, -0.25) is 0 Å². The molecule has 20 heavy (non-hydrogen) atoms. The maximum Gasteiger partial charge on any atom is 0.243 e. The minimum Gasteiger partial charge on any atom is -0.314 e. The number of nitrogens with one attached hydrogen (secondary N) is 1. The second-order valence-electron chi connectivity index (χ2n) is 4.94. The molecule has 1 aromatic carbocycles. The molecule has 1 aliphatic heterocycles. The highest BCUT2D eigenvalue weighted by molar-refractivity contribution is 7.98. The van der Waals surface area contributed by atoms with Gasteiger partial charge in [-0.1, -0.05) is 19.4 Å². The van der Waals surface area contributed by atoms with Crippen LogP contribution in [-0.2, 0) is 10.0 Å². The number of benzene rings is 1. The Balaban J connectivity index is 2.31. The smallest absolute Gasteiger partial charge is 0.243 e. The molecule has 0 aromatic heterocycles. The van der Waals surface area contributed by atoms with Crippen LogP contribution >= 0.6 is 11.8 Å². The van der Waals surface area contributed by atoms with E-state index in [1.54, 1.807) is 28.2 Å². The summed E-state index contributed by atoms with van der Waals surface area (Å²) in [5, 5.41) is 3.29. The Morgan fingerprint density at radius 3 is 2.95 bits per heavy atom. The predicted octanol–water partition coefficient (Wildman–Crippen LogP) is 2.17. The van der Waals surface area contributed by atoms with Crippen LogP contribution in [0.25, 0.3) is 0 Å². The zero-order valence-electron chi connectivity index (χ0n) is 12.0. The lowest BCUT2D eigenvalue weighted by atomic mass is 10.1. The molecule has 0 aliphatic carbocycles. The normalized spacial score (nSPS) is 21.0. The van der Waals surface area contributed by atoms with Gasteiger partial charge in [0.25, 0.3) is 0 Å². The molecule has 0 spiro atoms. The number of sulfonamides is 1. The van der Waals surface area contributed by atoms with Crippen LogP contribution in [0.2, 0.25) is 0 Å². The van der Waals surface area contributed by atoms with Gasteiger partial charge in [-0.05, 0) is 30.9 Å². The van der Waals surface area contributed by atoms with E-state index < -0.39 is 10.0 Å². The quantitative estimate of drug-likeness (QED) is 0.846. The molecular formula is C14H22N2O2S2. The summed E-state index contributed by atoms with van der Waals surface area (Å²) in [6.45, 7) is 4.11. The van der Waals surface area contributed by atoms with Crippen LogP contribution < -0.4 is 5.32 Å². The predicted molar refractivity (Wildman–Crippen MR) is 83.7 cm³/mol. The van der Waals surface area contributed by atoms with Crippen LogP contribution in [-0.4, -0.2) is 44.7 Å². The molecular weight excluding hydrogens is 292 g/mol. The zero-order valence-corrected chi connectivity index (χ0v) is 13.6. The third-order valence-electron chi connectivity index (χ3n) is 3.57. The van der Waals surface area contributed by atoms with Gasteiger partial charge in [0.1, 0.15) is 0 Å². The average molecular weight is 314 g/mol. The Labute approximate surface area is 126 Å². The molecule has 1 unspecified atom stereocenters. The summed E-state index contributed by atoms with van der Waals surface area (Å²) in [5.41, 5.74) is 0. The molecule has 0 saturated carbocycles. The SMILES string of the molecule is CCCC1CNCCN1S(=O)(=O)c1cccc(SC)c1. The number of hydrogen-bond donors (Lipinski definition) is 1. The second kappa shape index (κ2) is 6.93. The maximum absolute atomic E-state index is 12.8. The monoisotopic (exact) mass is 314 g/mol. The Morgan fingerprint density at radius 1 is 1.45 bits per heavy atom. The van der Waals surface area contributed by atoms with E-state index in [-0.39, 0.29) is 6.04 Å². The van der Waals surface area contributed by atoms with E-state index in [4.69, 9.17) is 0 Å². The van der Waals surface area contributed by atoms with Gasteiger partial charge in [-0.2, -0.15) is 4.31 Å². The van der Waals surface area contributed by atoms with Crippen molar-refractivity contribution in [2.24, 2.45) is 0 Å². The summed E-state index contributed by atoms with van der Waals surface area (Å²) in [7, 11) is -3.39. The third-order valence-corrected chi connectivity index (χ3v) is 6.24. The zero-order chi connectivity index (χ0) is 14.6. The highest BCUT2D eigenvalue weighted by atomic mass is 32.2. The highest BCUT2D eigenvalue weighted by Gasteiger charge is 2.32. The standard InChI is InChI=1S/C14H22N2O2S2/c1-3-5-12-11-15-8-9-16(12)20(17,18)14-7-4-6-13(10-14)19-2/h4,6-7,10,12,15H,3,5,8-9,11H2,1-2H3. The van der Waals surface area contributed by atoms with Crippen molar-refractivity contribution in [1.82, 2.24) is 9.62 Å². The van der Waals surface area contributed by atoms with E-state index in [1.165, 1.54) is 0 Å². The second-order valence-corrected chi connectivity index (χ2v) is 7.71. The van der Waals surface area contributed by atoms with Gasteiger partial charge in [-0.15, -0.1) is 11.8 Å². The fraction of sp³-hybridized carbons (Fsp3) is 0.571. The van der Waals surface area contributed by atoms with Crippen LogP contribution in [0.1, 0.15) is 19.8 Å². The first-order valence-electron chi connectivity index (χ1n) is 6.96. The van der Waals surface area contributed by atoms with Gasteiger partial charge in [-0.25, -0.2) is 8.42 Å². The van der Waals surface area contributed by atoms with Gasteiger partial charge in [0, 0.05) is 30.6 Å². The number of rotatable bonds is 5. The lowest BCUT2D eigenvalue weighted by Crippen LogP contribution is -2.53. The largest absolute Gasteiger partial charge is 0.314 e. The van der Waals surface area contributed by atoms with E-state index in [9.17, 15) is 8.42 Å². The number of thioether (sulfide) groups is 1. The van der Waals surface area contributed by atoms with E-state index >= 15 is 0 Å². The summed E-state index contributed by atoms with van der Waals surface area (Å²) in [5.74, 6) is 0. The molecule has 1 aromatic rings. The first-order chi connectivity index (χ1) is 9.59. The van der Waals surface area contributed by atoms with Crippen molar-refractivity contribution in [2.75, 3.05) is 25.9 Å². The highest BCUT2D eigenvalue weighted by Crippen LogP contribution is 2.25. The van der Waals surface area contributed by atoms with Crippen molar-refractivity contribution in [1.29, 1.82) is 0 Å². The summed E-state index contributed by atoms with van der Waals surface area (Å²) in [6, 6.07) is 7.28. The number of nitrogens with zero attached hydrogens (tertiary/aromatic N) is 1. The molecule has 1 aliphatic rings. The molecule has 2 rings (SSSR count). The van der Waals surface area contributed by atoms with Gasteiger partial charge in [0.2, 0.25) is 10.0 Å². The lowest BCUT2D eigenvalue weighted by Gasteiger charge is -2.35. The van der Waals surface area contributed by atoms with Crippen molar-refractivity contribution >= 4 is 21.8 Å².